The van der Waals surface area contributed by atoms with Gasteiger partial charge in [-0.25, -0.2) is 0 Å². The summed E-state index contributed by atoms with van der Waals surface area (Å²) in [5, 5.41) is 2.82. The van der Waals surface area contributed by atoms with Gasteiger partial charge >= 0.3 is 0 Å². The maximum absolute atomic E-state index is 12.0. The number of Topliss-reactive ketones (excluding diaryl/α,β-unsaturated/α-hetero) is 1. The van der Waals surface area contributed by atoms with Gasteiger partial charge in [0.25, 0.3) is 0 Å². The minimum Gasteiger partial charge on any atom is -0.352 e. The number of aromatic nitrogens is 1. The highest BCUT2D eigenvalue weighted by Gasteiger charge is 2.07. The van der Waals surface area contributed by atoms with Crippen LogP contribution in [0.25, 0.3) is 0 Å². The number of ketones is 1. The zero-order chi connectivity index (χ0) is 15.8. The van der Waals surface area contributed by atoms with Crippen molar-refractivity contribution in [3.8, 4) is 0 Å². The fraction of sp³-hybridized carbons (Fsp3) is 0.235. The largest absolute Gasteiger partial charge is 0.352 e. The van der Waals surface area contributed by atoms with E-state index >= 15 is 0 Å². The Morgan fingerprint density at radius 2 is 1.86 bits per heavy atom. The molecular formula is C17H17BrN2O2. The molecule has 22 heavy (non-hydrogen) atoms. The second-order valence-electron chi connectivity index (χ2n) is 4.92. The van der Waals surface area contributed by atoms with Crippen molar-refractivity contribution in [1.29, 1.82) is 0 Å². The van der Waals surface area contributed by atoms with Crippen LogP contribution >= 0.6 is 15.9 Å². The fourth-order valence-electron chi connectivity index (χ4n) is 1.98. The standard InChI is InChI=1S/C17H17BrN2O2/c18-15-8-6-14(7-9-15)16(21)4-1-5-17(22)20-12-13-3-2-10-19-11-13/h2-3,6-11H,1,4-5,12H2,(H,20,22). The van der Waals surface area contributed by atoms with Crippen molar-refractivity contribution < 1.29 is 9.59 Å². The van der Waals surface area contributed by atoms with Crippen LogP contribution < -0.4 is 5.32 Å². The summed E-state index contributed by atoms with van der Waals surface area (Å²) in [5.41, 5.74) is 1.64. The molecule has 4 nitrogen and oxygen atoms in total. The fourth-order valence-corrected chi connectivity index (χ4v) is 2.25. The van der Waals surface area contributed by atoms with Crippen LogP contribution in [0.2, 0.25) is 0 Å². The number of amides is 1. The summed E-state index contributed by atoms with van der Waals surface area (Å²) >= 11 is 3.33. The second kappa shape index (κ2) is 8.44. The molecule has 0 radical (unpaired) electrons. The van der Waals surface area contributed by atoms with Crippen LogP contribution in [0.4, 0.5) is 0 Å². The number of benzene rings is 1. The van der Waals surface area contributed by atoms with Crippen molar-refractivity contribution in [2.45, 2.75) is 25.8 Å². The van der Waals surface area contributed by atoms with Gasteiger partial charge in [-0.15, -0.1) is 0 Å². The van der Waals surface area contributed by atoms with Gasteiger partial charge in [0, 0.05) is 41.8 Å². The van der Waals surface area contributed by atoms with Crippen LogP contribution in [0.3, 0.4) is 0 Å². The Morgan fingerprint density at radius 3 is 2.55 bits per heavy atom. The van der Waals surface area contributed by atoms with E-state index in [1.807, 2.05) is 24.3 Å². The number of hydrogen-bond donors (Lipinski definition) is 1. The van der Waals surface area contributed by atoms with E-state index in [-0.39, 0.29) is 11.7 Å². The highest BCUT2D eigenvalue weighted by Crippen LogP contribution is 2.13. The van der Waals surface area contributed by atoms with Crippen molar-refractivity contribution in [2.75, 3.05) is 0 Å². The van der Waals surface area contributed by atoms with Gasteiger partial charge in [-0.2, -0.15) is 0 Å². The second-order valence-corrected chi connectivity index (χ2v) is 5.84. The molecule has 2 rings (SSSR count). The number of pyridine rings is 1. The molecule has 5 heteroatoms. The monoisotopic (exact) mass is 360 g/mol. The first kappa shape index (κ1) is 16.4. The SMILES string of the molecule is O=C(CCCC(=O)c1ccc(Br)cc1)NCc1cccnc1. The molecule has 1 amide bonds. The van der Waals surface area contributed by atoms with Crippen molar-refractivity contribution in [2.24, 2.45) is 0 Å². The molecule has 0 saturated carbocycles. The van der Waals surface area contributed by atoms with E-state index in [2.05, 4.69) is 26.2 Å². The molecule has 0 unspecified atom stereocenters. The first-order valence-corrected chi connectivity index (χ1v) is 7.89. The van der Waals surface area contributed by atoms with E-state index in [0.29, 0.717) is 31.4 Å². The highest BCUT2D eigenvalue weighted by molar-refractivity contribution is 9.10. The van der Waals surface area contributed by atoms with E-state index in [1.54, 1.807) is 24.5 Å². The molecule has 2 aromatic rings. The number of nitrogens with one attached hydrogen (secondary N) is 1. The van der Waals surface area contributed by atoms with Crippen LogP contribution in [0, 0.1) is 0 Å². The van der Waals surface area contributed by atoms with Crippen molar-refractivity contribution in [3.05, 3.63) is 64.4 Å². The number of halogens is 1. The molecular weight excluding hydrogens is 344 g/mol. The summed E-state index contributed by atoms with van der Waals surface area (Å²) in [6.45, 7) is 0.466. The molecule has 114 valence electrons. The predicted octanol–water partition coefficient (Wildman–Crippen LogP) is 3.51. The van der Waals surface area contributed by atoms with E-state index in [9.17, 15) is 9.59 Å². The van der Waals surface area contributed by atoms with Gasteiger partial charge in [0.1, 0.15) is 0 Å². The van der Waals surface area contributed by atoms with Gasteiger partial charge in [0.2, 0.25) is 5.91 Å². The van der Waals surface area contributed by atoms with E-state index in [4.69, 9.17) is 0 Å². The molecule has 0 fully saturated rings. The lowest BCUT2D eigenvalue weighted by atomic mass is 10.1. The van der Waals surface area contributed by atoms with Gasteiger partial charge < -0.3 is 5.32 Å². The third-order valence-corrected chi connectivity index (χ3v) is 3.72. The van der Waals surface area contributed by atoms with E-state index < -0.39 is 0 Å². The van der Waals surface area contributed by atoms with Crippen LogP contribution in [0.15, 0.2) is 53.3 Å². The number of carbonyl (C=O) groups excluding carboxylic acids is 2. The van der Waals surface area contributed by atoms with E-state index in [1.165, 1.54) is 0 Å². The number of rotatable bonds is 7. The molecule has 0 aliphatic carbocycles. The third kappa shape index (κ3) is 5.41. The number of carbonyl (C=O) groups is 2. The molecule has 0 spiro atoms. The first-order chi connectivity index (χ1) is 10.6. The Balaban J connectivity index is 1.68. The van der Waals surface area contributed by atoms with Crippen LogP contribution in [-0.2, 0) is 11.3 Å². The molecule has 0 bridgehead atoms. The molecule has 1 aromatic heterocycles. The Hall–Kier alpha value is -2.01. The summed E-state index contributed by atoms with van der Waals surface area (Å²) in [6, 6.07) is 11.0. The maximum Gasteiger partial charge on any atom is 0.220 e. The molecule has 0 saturated heterocycles. The Bertz CT molecular complexity index is 627. The minimum atomic E-state index is -0.0486. The van der Waals surface area contributed by atoms with Gasteiger partial charge in [-0.3, -0.25) is 14.6 Å². The lowest BCUT2D eigenvalue weighted by molar-refractivity contribution is -0.121. The zero-order valence-corrected chi connectivity index (χ0v) is 13.7. The summed E-state index contributed by atoms with van der Waals surface area (Å²) < 4.78 is 0.943. The Kier molecular flexibility index (Phi) is 6.27. The molecule has 0 aliphatic rings. The van der Waals surface area contributed by atoms with Crippen molar-refractivity contribution in [3.63, 3.8) is 0 Å². The van der Waals surface area contributed by atoms with Crippen molar-refractivity contribution >= 4 is 27.6 Å². The average Bonchev–Trinajstić information content (AvgIpc) is 2.54. The van der Waals surface area contributed by atoms with Crippen LogP contribution in [0.5, 0.6) is 0 Å². The smallest absolute Gasteiger partial charge is 0.220 e. The Morgan fingerprint density at radius 1 is 1.09 bits per heavy atom. The van der Waals surface area contributed by atoms with Crippen LogP contribution in [0.1, 0.15) is 35.2 Å². The average molecular weight is 361 g/mol. The lowest BCUT2D eigenvalue weighted by Gasteiger charge is -2.05. The summed E-state index contributed by atoms with van der Waals surface area (Å²) in [6.07, 6.45) is 4.69. The zero-order valence-electron chi connectivity index (χ0n) is 12.1. The minimum absolute atomic E-state index is 0.0486. The first-order valence-electron chi connectivity index (χ1n) is 7.09. The van der Waals surface area contributed by atoms with Gasteiger partial charge in [0.15, 0.2) is 5.78 Å². The summed E-state index contributed by atoms with van der Waals surface area (Å²) in [4.78, 5) is 27.7. The van der Waals surface area contributed by atoms with Gasteiger partial charge in [-0.1, -0.05) is 34.1 Å². The van der Waals surface area contributed by atoms with Crippen molar-refractivity contribution in [1.82, 2.24) is 10.3 Å². The molecule has 0 aliphatic heterocycles. The number of hydrogen-bond acceptors (Lipinski definition) is 3. The molecule has 1 N–H and O–H groups in total. The quantitative estimate of drug-likeness (QED) is 0.768. The maximum atomic E-state index is 12.0. The molecule has 1 aromatic carbocycles. The van der Waals surface area contributed by atoms with Gasteiger partial charge in [-0.05, 0) is 30.2 Å². The van der Waals surface area contributed by atoms with Gasteiger partial charge in [0.05, 0.1) is 0 Å². The topological polar surface area (TPSA) is 59.1 Å². The summed E-state index contributed by atoms with van der Waals surface area (Å²) in [7, 11) is 0. The third-order valence-electron chi connectivity index (χ3n) is 3.19. The predicted molar refractivity (Wildman–Crippen MR) is 88.4 cm³/mol. The Labute approximate surface area is 138 Å². The normalized spacial score (nSPS) is 10.2. The highest BCUT2D eigenvalue weighted by atomic mass is 79.9. The molecule has 1 heterocycles. The van der Waals surface area contributed by atoms with E-state index in [0.717, 1.165) is 10.0 Å². The van der Waals surface area contributed by atoms with Crippen LogP contribution in [-0.4, -0.2) is 16.7 Å². The lowest BCUT2D eigenvalue weighted by Crippen LogP contribution is -2.22. The summed E-state index contributed by atoms with van der Waals surface area (Å²) in [5.74, 6) is 0.0139. The number of nitrogens with zero attached hydrogens (tertiary/aromatic N) is 1. The molecule has 0 atom stereocenters.